The smallest absolute Gasteiger partial charge is 0.243 e. The third-order valence-corrected chi connectivity index (χ3v) is 6.09. The van der Waals surface area contributed by atoms with Crippen molar-refractivity contribution in [3.63, 3.8) is 0 Å². The third kappa shape index (κ3) is 4.79. The van der Waals surface area contributed by atoms with Crippen LogP contribution in [0.4, 0.5) is 5.69 Å². The first kappa shape index (κ1) is 19.4. The van der Waals surface area contributed by atoms with Crippen LogP contribution in [0, 0.1) is 0 Å². The Bertz CT molecular complexity index is 761. The number of nitrogens with zero attached hydrogens (tertiary/aromatic N) is 1. The lowest BCUT2D eigenvalue weighted by atomic mass is 10.1. The lowest BCUT2D eigenvalue weighted by Gasteiger charge is -2.19. The summed E-state index contributed by atoms with van der Waals surface area (Å²) in [7, 11) is -2.39. The van der Waals surface area contributed by atoms with Gasteiger partial charge in [0, 0.05) is 25.2 Å². The maximum absolute atomic E-state index is 12.7. The molecule has 2 rings (SSSR count). The number of likely N-dealkylation sites (N-methyl/N-ethyl adjacent to an activating group) is 1. The molecule has 0 saturated carbocycles. The second kappa shape index (κ2) is 7.97. The molecule has 138 valence electrons. The molecule has 0 bridgehead atoms. The first-order valence-corrected chi connectivity index (χ1v) is 9.86. The van der Waals surface area contributed by atoms with E-state index in [1.807, 2.05) is 13.8 Å². The second-order valence-corrected chi connectivity index (χ2v) is 8.40. The molecule has 1 aliphatic heterocycles. The number of benzene rings is 1. The van der Waals surface area contributed by atoms with Gasteiger partial charge in [-0.2, -0.15) is 4.31 Å². The summed E-state index contributed by atoms with van der Waals surface area (Å²) in [5.41, 5.74) is 1.45. The summed E-state index contributed by atoms with van der Waals surface area (Å²) >= 11 is 0. The Kier molecular flexibility index (Phi) is 6.18. The predicted octanol–water partition coefficient (Wildman–Crippen LogP) is 1.50. The number of rotatable bonds is 6. The van der Waals surface area contributed by atoms with E-state index in [2.05, 4.69) is 10.6 Å². The molecule has 2 N–H and O–H groups in total. The SMILES string of the molecule is CCC(C)NC(=O)CN(C)S(=O)(=O)c1ccc2c(c1)CCCC(=O)N2. The lowest BCUT2D eigenvalue weighted by Crippen LogP contribution is -2.41. The lowest BCUT2D eigenvalue weighted by molar-refractivity contribution is -0.121. The molecule has 0 radical (unpaired) electrons. The molecule has 1 unspecified atom stereocenters. The van der Waals surface area contributed by atoms with Crippen molar-refractivity contribution < 1.29 is 18.0 Å². The molecule has 0 fully saturated rings. The fourth-order valence-corrected chi connectivity index (χ4v) is 3.78. The number of nitrogens with one attached hydrogen (secondary N) is 2. The molecule has 0 saturated heterocycles. The molecule has 7 nitrogen and oxygen atoms in total. The van der Waals surface area contributed by atoms with Gasteiger partial charge in [0.25, 0.3) is 0 Å². The fourth-order valence-electron chi connectivity index (χ4n) is 2.60. The zero-order valence-corrected chi connectivity index (χ0v) is 15.6. The number of sulfonamides is 1. The first-order chi connectivity index (χ1) is 11.7. The average Bonchev–Trinajstić information content (AvgIpc) is 2.74. The van der Waals surface area contributed by atoms with Crippen LogP contribution in [0.1, 0.15) is 38.7 Å². The topological polar surface area (TPSA) is 95.6 Å². The minimum atomic E-state index is -3.78. The van der Waals surface area contributed by atoms with Crippen molar-refractivity contribution in [1.29, 1.82) is 0 Å². The molecular weight excluding hydrogens is 342 g/mol. The Morgan fingerprint density at radius 2 is 2.08 bits per heavy atom. The van der Waals surface area contributed by atoms with Crippen LogP contribution < -0.4 is 10.6 Å². The van der Waals surface area contributed by atoms with E-state index in [9.17, 15) is 18.0 Å². The Balaban J connectivity index is 2.17. The molecule has 1 aromatic carbocycles. The largest absolute Gasteiger partial charge is 0.353 e. The molecule has 8 heteroatoms. The second-order valence-electron chi connectivity index (χ2n) is 6.36. The van der Waals surface area contributed by atoms with Crippen LogP contribution in [0.5, 0.6) is 0 Å². The standard InChI is InChI=1S/C17H25N3O4S/c1-4-12(2)18-17(22)11-20(3)25(23,24)14-8-9-15-13(10-14)6-5-7-16(21)19-15/h8-10,12H,4-7,11H2,1-3H3,(H,18,22)(H,19,21). The highest BCUT2D eigenvalue weighted by atomic mass is 32.2. The molecule has 2 amide bonds. The van der Waals surface area contributed by atoms with E-state index in [1.165, 1.54) is 13.1 Å². The van der Waals surface area contributed by atoms with Gasteiger partial charge in [0.2, 0.25) is 21.8 Å². The van der Waals surface area contributed by atoms with Gasteiger partial charge >= 0.3 is 0 Å². The highest BCUT2D eigenvalue weighted by molar-refractivity contribution is 7.89. The third-order valence-electron chi connectivity index (χ3n) is 4.29. The van der Waals surface area contributed by atoms with Gasteiger partial charge in [-0.15, -0.1) is 0 Å². The predicted molar refractivity (Wildman–Crippen MR) is 95.7 cm³/mol. The first-order valence-electron chi connectivity index (χ1n) is 8.42. The van der Waals surface area contributed by atoms with Crippen LogP contribution in [0.2, 0.25) is 0 Å². The zero-order chi connectivity index (χ0) is 18.6. The van der Waals surface area contributed by atoms with Crippen molar-refractivity contribution in [1.82, 2.24) is 9.62 Å². The van der Waals surface area contributed by atoms with Crippen LogP contribution in [-0.4, -0.2) is 44.2 Å². The number of amides is 2. The molecule has 0 aromatic heterocycles. The zero-order valence-electron chi connectivity index (χ0n) is 14.8. The minimum Gasteiger partial charge on any atom is -0.353 e. The molecule has 1 aliphatic rings. The van der Waals surface area contributed by atoms with Crippen molar-refractivity contribution in [3.8, 4) is 0 Å². The molecule has 25 heavy (non-hydrogen) atoms. The summed E-state index contributed by atoms with van der Waals surface area (Å²) < 4.78 is 26.5. The maximum Gasteiger partial charge on any atom is 0.243 e. The fraction of sp³-hybridized carbons (Fsp3) is 0.529. The molecule has 0 aliphatic carbocycles. The van der Waals surface area contributed by atoms with Gasteiger partial charge in [0.05, 0.1) is 11.4 Å². The van der Waals surface area contributed by atoms with Crippen molar-refractivity contribution in [2.75, 3.05) is 18.9 Å². The van der Waals surface area contributed by atoms with E-state index in [-0.39, 0.29) is 29.3 Å². The van der Waals surface area contributed by atoms with E-state index in [0.29, 0.717) is 24.9 Å². The van der Waals surface area contributed by atoms with Crippen molar-refractivity contribution in [2.45, 2.75) is 50.5 Å². The van der Waals surface area contributed by atoms with Gasteiger partial charge in [0.1, 0.15) is 0 Å². The molecular formula is C17H25N3O4S. The number of carbonyl (C=O) groups is 2. The maximum atomic E-state index is 12.7. The number of anilines is 1. The number of aryl methyl sites for hydroxylation is 1. The van der Waals surface area contributed by atoms with E-state index in [1.54, 1.807) is 12.1 Å². The number of fused-ring (bicyclic) bond motifs is 1. The van der Waals surface area contributed by atoms with E-state index in [4.69, 9.17) is 0 Å². The summed E-state index contributed by atoms with van der Waals surface area (Å²) in [6.45, 7) is 3.58. The summed E-state index contributed by atoms with van der Waals surface area (Å²) in [6, 6.07) is 4.65. The van der Waals surface area contributed by atoms with Crippen molar-refractivity contribution in [3.05, 3.63) is 23.8 Å². The summed E-state index contributed by atoms with van der Waals surface area (Å²) in [6.07, 6.45) is 2.51. The van der Waals surface area contributed by atoms with Gasteiger partial charge in [-0.1, -0.05) is 6.92 Å². The molecule has 1 atom stereocenters. The number of carbonyl (C=O) groups excluding carboxylic acids is 2. The van der Waals surface area contributed by atoms with Crippen molar-refractivity contribution in [2.24, 2.45) is 0 Å². The highest BCUT2D eigenvalue weighted by Crippen LogP contribution is 2.26. The van der Waals surface area contributed by atoms with Crippen molar-refractivity contribution >= 4 is 27.5 Å². The van der Waals surface area contributed by atoms with Crippen LogP contribution in [0.25, 0.3) is 0 Å². The number of hydrogen-bond acceptors (Lipinski definition) is 4. The summed E-state index contributed by atoms with van der Waals surface area (Å²) in [4.78, 5) is 23.7. The summed E-state index contributed by atoms with van der Waals surface area (Å²) in [5.74, 6) is -0.393. The van der Waals surface area contributed by atoms with E-state index in [0.717, 1.165) is 16.3 Å². The van der Waals surface area contributed by atoms with Crippen LogP contribution >= 0.6 is 0 Å². The quantitative estimate of drug-likeness (QED) is 0.796. The Labute approximate surface area is 148 Å². The molecule has 1 aromatic rings. The van der Waals surface area contributed by atoms with E-state index < -0.39 is 10.0 Å². The highest BCUT2D eigenvalue weighted by Gasteiger charge is 2.25. The van der Waals surface area contributed by atoms with Gasteiger partial charge in [-0.05, 0) is 49.9 Å². The van der Waals surface area contributed by atoms with Crippen LogP contribution in [-0.2, 0) is 26.0 Å². The Hall–Kier alpha value is -1.93. The van der Waals surface area contributed by atoms with Gasteiger partial charge in [-0.3, -0.25) is 9.59 Å². The van der Waals surface area contributed by atoms with Crippen LogP contribution in [0.15, 0.2) is 23.1 Å². The average molecular weight is 367 g/mol. The Morgan fingerprint density at radius 3 is 2.76 bits per heavy atom. The Morgan fingerprint density at radius 1 is 1.36 bits per heavy atom. The van der Waals surface area contributed by atoms with Gasteiger partial charge < -0.3 is 10.6 Å². The monoisotopic (exact) mass is 367 g/mol. The summed E-state index contributed by atoms with van der Waals surface area (Å²) in [5, 5.41) is 5.53. The van der Waals surface area contributed by atoms with Gasteiger partial charge in [-0.25, -0.2) is 8.42 Å². The minimum absolute atomic E-state index is 0.000269. The van der Waals surface area contributed by atoms with Crippen LogP contribution in [0.3, 0.4) is 0 Å². The van der Waals surface area contributed by atoms with E-state index >= 15 is 0 Å². The molecule has 1 heterocycles. The normalized spacial score (nSPS) is 15.9. The molecule has 0 spiro atoms. The van der Waals surface area contributed by atoms with Gasteiger partial charge in [0.15, 0.2) is 0 Å². The number of hydrogen-bond donors (Lipinski definition) is 2.